The molecule has 15 heavy (non-hydrogen) atoms. The molecule has 90 valence electrons. The first-order valence-electron chi connectivity index (χ1n) is 6.25. The highest BCUT2D eigenvalue weighted by molar-refractivity contribution is 5.76. The molecule has 1 unspecified atom stereocenters. The lowest BCUT2D eigenvalue weighted by atomic mass is 9.76. The monoisotopic (exact) mass is 214 g/mol. The smallest absolute Gasteiger partial charge is 0.311 e. The zero-order chi connectivity index (χ0) is 11.7. The molecule has 0 aromatic heterocycles. The fraction of sp³-hybridized carbons (Fsp3) is 0.923. The molecule has 0 aliphatic heterocycles. The van der Waals surface area contributed by atoms with Crippen molar-refractivity contribution in [3.8, 4) is 0 Å². The summed E-state index contributed by atoms with van der Waals surface area (Å²) in [5.41, 5.74) is -0.210. The molecule has 2 heteroatoms. The molecule has 0 heterocycles. The topological polar surface area (TPSA) is 26.3 Å². The first-order chi connectivity index (χ1) is 7.16. The summed E-state index contributed by atoms with van der Waals surface area (Å²) < 4.78 is 4.95. The SMILES string of the molecule is CCCCCC(CC)(CCC)C(=O)OC. The fourth-order valence-electron chi connectivity index (χ4n) is 2.24. The number of hydrogen-bond acceptors (Lipinski definition) is 2. The summed E-state index contributed by atoms with van der Waals surface area (Å²) in [5, 5.41) is 0. The minimum Gasteiger partial charge on any atom is -0.469 e. The number of rotatable bonds is 8. The second-order valence-corrected chi connectivity index (χ2v) is 4.33. The quantitative estimate of drug-likeness (QED) is 0.452. The highest BCUT2D eigenvalue weighted by Crippen LogP contribution is 2.35. The third-order valence-electron chi connectivity index (χ3n) is 3.28. The van der Waals surface area contributed by atoms with Crippen LogP contribution in [0.1, 0.15) is 65.7 Å². The maximum Gasteiger partial charge on any atom is 0.311 e. The molecule has 0 rings (SSSR count). The first-order valence-corrected chi connectivity index (χ1v) is 6.25. The van der Waals surface area contributed by atoms with Crippen molar-refractivity contribution in [1.82, 2.24) is 0 Å². The van der Waals surface area contributed by atoms with Gasteiger partial charge in [-0.05, 0) is 19.3 Å². The molecule has 0 aromatic rings. The molecule has 0 radical (unpaired) electrons. The van der Waals surface area contributed by atoms with Gasteiger partial charge in [-0.1, -0.05) is 46.5 Å². The maximum absolute atomic E-state index is 11.8. The van der Waals surface area contributed by atoms with Crippen LogP contribution in [0.4, 0.5) is 0 Å². The Morgan fingerprint density at radius 1 is 1.07 bits per heavy atom. The molecular formula is C13H26O2. The van der Waals surface area contributed by atoms with Crippen LogP contribution in [0.3, 0.4) is 0 Å². The van der Waals surface area contributed by atoms with Crippen molar-refractivity contribution >= 4 is 5.97 Å². The average molecular weight is 214 g/mol. The van der Waals surface area contributed by atoms with E-state index in [-0.39, 0.29) is 11.4 Å². The third kappa shape index (κ3) is 4.23. The van der Waals surface area contributed by atoms with Gasteiger partial charge in [-0.25, -0.2) is 0 Å². The first kappa shape index (κ1) is 14.5. The van der Waals surface area contributed by atoms with Gasteiger partial charge in [0.1, 0.15) is 0 Å². The van der Waals surface area contributed by atoms with Gasteiger partial charge in [0.05, 0.1) is 12.5 Å². The Morgan fingerprint density at radius 3 is 2.13 bits per heavy atom. The molecule has 2 nitrogen and oxygen atoms in total. The van der Waals surface area contributed by atoms with E-state index >= 15 is 0 Å². The van der Waals surface area contributed by atoms with Gasteiger partial charge in [-0.15, -0.1) is 0 Å². The Bertz CT molecular complexity index is 177. The lowest BCUT2D eigenvalue weighted by Gasteiger charge is -2.29. The molecule has 0 bridgehead atoms. The molecule has 0 amide bonds. The molecular weight excluding hydrogens is 188 g/mol. The summed E-state index contributed by atoms with van der Waals surface area (Å²) in [6, 6.07) is 0. The van der Waals surface area contributed by atoms with Crippen molar-refractivity contribution in [3.63, 3.8) is 0 Å². The summed E-state index contributed by atoms with van der Waals surface area (Å²) in [4.78, 5) is 11.8. The number of esters is 1. The van der Waals surface area contributed by atoms with Crippen molar-refractivity contribution in [2.45, 2.75) is 65.7 Å². The van der Waals surface area contributed by atoms with Crippen molar-refractivity contribution < 1.29 is 9.53 Å². The van der Waals surface area contributed by atoms with E-state index in [1.54, 1.807) is 0 Å². The van der Waals surface area contributed by atoms with Crippen LogP contribution in [0.15, 0.2) is 0 Å². The third-order valence-corrected chi connectivity index (χ3v) is 3.28. The van der Waals surface area contributed by atoms with Crippen LogP contribution < -0.4 is 0 Å². The number of carbonyl (C=O) groups excluding carboxylic acids is 1. The van der Waals surface area contributed by atoms with E-state index < -0.39 is 0 Å². The minimum absolute atomic E-state index is 0.0112. The molecule has 0 spiro atoms. The van der Waals surface area contributed by atoms with Crippen LogP contribution in [0.25, 0.3) is 0 Å². The van der Waals surface area contributed by atoms with Gasteiger partial charge in [0.2, 0.25) is 0 Å². The summed E-state index contributed by atoms with van der Waals surface area (Å²) >= 11 is 0. The van der Waals surface area contributed by atoms with E-state index in [1.807, 2.05) is 0 Å². The van der Waals surface area contributed by atoms with Crippen LogP contribution in [0.5, 0.6) is 0 Å². The van der Waals surface area contributed by atoms with E-state index in [9.17, 15) is 4.79 Å². The van der Waals surface area contributed by atoms with E-state index in [0.717, 1.165) is 32.1 Å². The highest BCUT2D eigenvalue weighted by Gasteiger charge is 2.35. The molecule has 0 saturated carbocycles. The van der Waals surface area contributed by atoms with Gasteiger partial charge in [0.15, 0.2) is 0 Å². The van der Waals surface area contributed by atoms with Gasteiger partial charge >= 0.3 is 5.97 Å². The van der Waals surface area contributed by atoms with Crippen molar-refractivity contribution in [1.29, 1.82) is 0 Å². The molecule has 0 aromatic carbocycles. The second kappa shape index (κ2) is 7.72. The summed E-state index contributed by atoms with van der Waals surface area (Å²) in [5.74, 6) is -0.0112. The average Bonchev–Trinajstić information content (AvgIpc) is 2.27. The van der Waals surface area contributed by atoms with Crippen LogP contribution in [-0.2, 0) is 9.53 Å². The number of hydrogen-bond donors (Lipinski definition) is 0. The lowest BCUT2D eigenvalue weighted by Crippen LogP contribution is -2.31. The van der Waals surface area contributed by atoms with E-state index in [4.69, 9.17) is 4.74 Å². The lowest BCUT2D eigenvalue weighted by molar-refractivity contribution is -0.154. The van der Waals surface area contributed by atoms with Gasteiger partial charge in [0, 0.05) is 0 Å². The Hall–Kier alpha value is -0.530. The van der Waals surface area contributed by atoms with Crippen molar-refractivity contribution in [2.24, 2.45) is 5.41 Å². The molecule has 0 aliphatic carbocycles. The van der Waals surface area contributed by atoms with Gasteiger partial charge in [-0.2, -0.15) is 0 Å². The molecule has 0 fully saturated rings. The Kier molecular flexibility index (Phi) is 7.45. The largest absolute Gasteiger partial charge is 0.469 e. The number of carbonyl (C=O) groups is 1. The zero-order valence-electron chi connectivity index (χ0n) is 10.8. The maximum atomic E-state index is 11.8. The van der Waals surface area contributed by atoms with Gasteiger partial charge in [0.25, 0.3) is 0 Å². The summed E-state index contributed by atoms with van der Waals surface area (Å²) in [6.45, 7) is 6.41. The molecule has 0 aliphatic rings. The van der Waals surface area contributed by atoms with Crippen LogP contribution in [0.2, 0.25) is 0 Å². The van der Waals surface area contributed by atoms with E-state index in [1.165, 1.54) is 20.0 Å². The van der Waals surface area contributed by atoms with Crippen LogP contribution in [-0.4, -0.2) is 13.1 Å². The Labute approximate surface area is 94.4 Å². The minimum atomic E-state index is -0.210. The normalized spacial score (nSPS) is 14.7. The Balaban J connectivity index is 4.42. The molecule has 0 saturated heterocycles. The predicted molar refractivity (Wildman–Crippen MR) is 63.8 cm³/mol. The standard InChI is InChI=1S/C13H26O2/c1-5-8-9-11-13(7-3,10-6-2)12(14)15-4/h5-11H2,1-4H3. The molecule has 0 N–H and O–H groups in total. The zero-order valence-corrected chi connectivity index (χ0v) is 10.8. The van der Waals surface area contributed by atoms with E-state index in [0.29, 0.717) is 0 Å². The van der Waals surface area contributed by atoms with Gasteiger partial charge < -0.3 is 4.74 Å². The van der Waals surface area contributed by atoms with Crippen molar-refractivity contribution in [3.05, 3.63) is 0 Å². The summed E-state index contributed by atoms with van der Waals surface area (Å²) in [6.07, 6.45) is 7.44. The Morgan fingerprint density at radius 2 is 1.73 bits per heavy atom. The molecule has 1 atom stereocenters. The highest BCUT2D eigenvalue weighted by atomic mass is 16.5. The van der Waals surface area contributed by atoms with E-state index in [2.05, 4.69) is 20.8 Å². The number of methoxy groups -OCH3 is 1. The van der Waals surface area contributed by atoms with Crippen molar-refractivity contribution in [2.75, 3.05) is 7.11 Å². The second-order valence-electron chi connectivity index (χ2n) is 4.33. The fourth-order valence-corrected chi connectivity index (χ4v) is 2.24. The summed E-state index contributed by atoms with van der Waals surface area (Å²) in [7, 11) is 1.50. The number of ether oxygens (including phenoxy) is 1. The number of unbranched alkanes of at least 4 members (excludes halogenated alkanes) is 2. The van der Waals surface area contributed by atoms with Crippen LogP contribution in [0, 0.1) is 5.41 Å². The van der Waals surface area contributed by atoms with Gasteiger partial charge in [-0.3, -0.25) is 4.79 Å². The predicted octanol–water partition coefficient (Wildman–Crippen LogP) is 3.94. The van der Waals surface area contributed by atoms with Crippen LogP contribution >= 0.6 is 0 Å².